The van der Waals surface area contributed by atoms with Crippen LogP contribution in [0.3, 0.4) is 0 Å². The minimum atomic E-state index is -0.560. The van der Waals surface area contributed by atoms with E-state index in [1.165, 1.54) is 0 Å². The van der Waals surface area contributed by atoms with Gasteiger partial charge in [-0.1, -0.05) is 23.2 Å². The van der Waals surface area contributed by atoms with Crippen LogP contribution in [0.15, 0.2) is 36.5 Å². The number of amides is 3. The van der Waals surface area contributed by atoms with Crippen LogP contribution in [0, 0.1) is 0 Å². The first-order valence-electron chi connectivity index (χ1n) is 10.1. The molecule has 0 bridgehead atoms. The van der Waals surface area contributed by atoms with E-state index in [-0.39, 0.29) is 11.9 Å². The first-order valence-corrected chi connectivity index (χ1v) is 10.8. The molecule has 3 heterocycles. The van der Waals surface area contributed by atoms with E-state index in [0.717, 1.165) is 38.2 Å². The maximum absolute atomic E-state index is 13.0. The molecule has 2 saturated heterocycles. The third-order valence-corrected chi connectivity index (χ3v) is 5.82. The number of pyridine rings is 1. The van der Waals surface area contributed by atoms with Crippen molar-refractivity contribution in [2.75, 3.05) is 35.2 Å². The minimum absolute atomic E-state index is 0.257. The van der Waals surface area contributed by atoms with E-state index >= 15 is 0 Å². The Balaban J connectivity index is 1.46. The highest BCUT2D eigenvalue weighted by atomic mass is 35.5. The van der Waals surface area contributed by atoms with Crippen LogP contribution in [0.1, 0.15) is 25.7 Å². The van der Waals surface area contributed by atoms with Crippen molar-refractivity contribution in [1.82, 2.24) is 9.88 Å². The quantitative estimate of drug-likeness (QED) is 0.716. The van der Waals surface area contributed by atoms with Crippen molar-refractivity contribution in [3.05, 3.63) is 46.6 Å². The largest absolute Gasteiger partial charge is 0.355 e. The number of nitrogens with one attached hydrogen (secondary N) is 2. The molecule has 2 N–H and O–H groups in total. The van der Waals surface area contributed by atoms with E-state index < -0.39 is 6.04 Å². The Morgan fingerprint density at radius 2 is 1.73 bits per heavy atom. The molecule has 2 aliphatic heterocycles. The third kappa shape index (κ3) is 4.63. The van der Waals surface area contributed by atoms with Gasteiger partial charge in [0.2, 0.25) is 5.91 Å². The Morgan fingerprint density at radius 3 is 2.47 bits per heavy atom. The van der Waals surface area contributed by atoms with Gasteiger partial charge < -0.3 is 20.4 Å². The average Bonchev–Trinajstić information content (AvgIpc) is 3.40. The van der Waals surface area contributed by atoms with Crippen LogP contribution in [-0.2, 0) is 4.79 Å². The van der Waals surface area contributed by atoms with Gasteiger partial charge in [-0.2, -0.15) is 0 Å². The van der Waals surface area contributed by atoms with Crippen LogP contribution < -0.4 is 15.5 Å². The van der Waals surface area contributed by atoms with Crippen LogP contribution in [0.5, 0.6) is 0 Å². The Labute approximate surface area is 185 Å². The Hall–Kier alpha value is -2.51. The van der Waals surface area contributed by atoms with E-state index in [2.05, 4.69) is 20.5 Å². The zero-order chi connectivity index (χ0) is 21.1. The molecule has 30 heavy (non-hydrogen) atoms. The fourth-order valence-corrected chi connectivity index (χ4v) is 4.52. The van der Waals surface area contributed by atoms with Gasteiger partial charge in [0.25, 0.3) is 0 Å². The summed E-state index contributed by atoms with van der Waals surface area (Å²) in [6.45, 7) is 2.37. The summed E-state index contributed by atoms with van der Waals surface area (Å²) in [6.07, 6.45) is 5.32. The Kier molecular flexibility index (Phi) is 6.29. The third-order valence-electron chi connectivity index (χ3n) is 5.38. The number of nitrogens with zero attached hydrogens (tertiary/aromatic N) is 3. The molecule has 1 aromatic carbocycles. The number of urea groups is 1. The normalized spacial score (nSPS) is 18.5. The minimum Gasteiger partial charge on any atom is -0.355 e. The average molecular weight is 448 g/mol. The number of carbonyl (C=O) groups is 2. The summed E-state index contributed by atoms with van der Waals surface area (Å²) in [6, 6.07) is 7.63. The number of aromatic nitrogens is 1. The monoisotopic (exact) mass is 447 g/mol. The molecule has 0 radical (unpaired) electrons. The molecule has 9 heteroatoms. The summed E-state index contributed by atoms with van der Waals surface area (Å²) in [5.74, 6) is 0.518. The molecule has 0 aliphatic carbocycles. The van der Waals surface area contributed by atoms with Crippen molar-refractivity contribution in [2.24, 2.45) is 0 Å². The molecule has 2 aromatic rings. The lowest BCUT2D eigenvalue weighted by atomic mass is 10.2. The number of hydrogen-bond acceptors (Lipinski definition) is 4. The molecule has 3 amide bonds. The van der Waals surface area contributed by atoms with Crippen molar-refractivity contribution in [1.29, 1.82) is 0 Å². The second kappa shape index (κ2) is 9.10. The molecule has 7 nitrogen and oxygen atoms in total. The van der Waals surface area contributed by atoms with Gasteiger partial charge in [0.15, 0.2) is 5.82 Å². The molecule has 1 aromatic heterocycles. The van der Waals surface area contributed by atoms with Gasteiger partial charge in [-0.3, -0.25) is 4.79 Å². The van der Waals surface area contributed by atoms with Crippen molar-refractivity contribution in [3.63, 3.8) is 0 Å². The van der Waals surface area contributed by atoms with E-state index in [1.807, 2.05) is 6.07 Å². The van der Waals surface area contributed by atoms with Gasteiger partial charge in [-0.05, 0) is 56.0 Å². The molecule has 1 atom stereocenters. The van der Waals surface area contributed by atoms with E-state index in [4.69, 9.17) is 23.2 Å². The fourth-order valence-electron chi connectivity index (χ4n) is 4.00. The first kappa shape index (κ1) is 20.8. The summed E-state index contributed by atoms with van der Waals surface area (Å²) < 4.78 is 0. The maximum Gasteiger partial charge on any atom is 0.322 e. The SMILES string of the molecule is O=C(Nc1cc(Cl)cc(Cl)c1)C1CCCN1C(=O)Nc1cccnc1N1CCCC1. The van der Waals surface area contributed by atoms with E-state index in [0.29, 0.717) is 34.4 Å². The molecule has 2 fully saturated rings. The fraction of sp³-hybridized carbons (Fsp3) is 0.381. The van der Waals surface area contributed by atoms with Crippen LogP contribution >= 0.6 is 23.2 Å². The molecule has 158 valence electrons. The zero-order valence-corrected chi connectivity index (χ0v) is 17.9. The van der Waals surface area contributed by atoms with Crippen molar-refractivity contribution < 1.29 is 9.59 Å². The Bertz CT molecular complexity index is 928. The Morgan fingerprint density at radius 1 is 1.00 bits per heavy atom. The molecule has 2 aliphatic rings. The van der Waals surface area contributed by atoms with Crippen molar-refractivity contribution >= 4 is 52.3 Å². The second-order valence-corrected chi connectivity index (χ2v) is 8.37. The molecule has 0 saturated carbocycles. The van der Waals surface area contributed by atoms with Crippen LogP contribution in [-0.4, -0.2) is 47.5 Å². The highest BCUT2D eigenvalue weighted by Crippen LogP contribution is 2.28. The smallest absolute Gasteiger partial charge is 0.322 e. The number of likely N-dealkylation sites (tertiary alicyclic amines) is 1. The van der Waals surface area contributed by atoms with Gasteiger partial charge in [0.05, 0.1) is 5.69 Å². The molecular formula is C21H23Cl2N5O2. The number of carbonyl (C=O) groups excluding carboxylic acids is 2. The summed E-state index contributed by atoms with van der Waals surface area (Å²) in [7, 11) is 0. The molecule has 0 spiro atoms. The molecule has 4 rings (SSSR count). The van der Waals surface area contributed by atoms with E-state index in [1.54, 1.807) is 35.4 Å². The number of hydrogen-bond donors (Lipinski definition) is 2. The standard InChI is InChI=1S/C21H23Cl2N5O2/c22-14-11-15(23)13-16(12-14)25-20(29)18-6-4-10-28(18)21(30)26-17-5-3-7-24-19(17)27-8-1-2-9-27/h3,5,7,11-13,18H,1-2,4,6,8-10H2,(H,25,29)(H,26,30). The van der Waals surface area contributed by atoms with Gasteiger partial charge in [-0.25, -0.2) is 9.78 Å². The van der Waals surface area contributed by atoms with Crippen molar-refractivity contribution in [3.8, 4) is 0 Å². The van der Waals surface area contributed by atoms with E-state index in [9.17, 15) is 9.59 Å². The maximum atomic E-state index is 13.0. The number of benzene rings is 1. The zero-order valence-electron chi connectivity index (χ0n) is 16.4. The highest BCUT2D eigenvalue weighted by Gasteiger charge is 2.34. The van der Waals surface area contributed by atoms with Crippen LogP contribution in [0.25, 0.3) is 0 Å². The predicted molar refractivity (Wildman–Crippen MR) is 120 cm³/mol. The topological polar surface area (TPSA) is 77.6 Å². The summed E-state index contributed by atoms with van der Waals surface area (Å²) in [5, 5.41) is 6.65. The lowest BCUT2D eigenvalue weighted by molar-refractivity contribution is -0.119. The van der Waals surface area contributed by atoms with Gasteiger partial charge >= 0.3 is 6.03 Å². The summed E-state index contributed by atoms with van der Waals surface area (Å²) in [5.41, 5.74) is 1.17. The van der Waals surface area contributed by atoms with Crippen molar-refractivity contribution in [2.45, 2.75) is 31.7 Å². The highest BCUT2D eigenvalue weighted by molar-refractivity contribution is 6.35. The first-order chi connectivity index (χ1) is 14.5. The summed E-state index contributed by atoms with van der Waals surface area (Å²) >= 11 is 12.0. The molecular weight excluding hydrogens is 425 g/mol. The lowest BCUT2D eigenvalue weighted by Gasteiger charge is -2.26. The van der Waals surface area contributed by atoms with Crippen LogP contribution in [0.4, 0.5) is 22.0 Å². The number of halogens is 2. The second-order valence-electron chi connectivity index (χ2n) is 7.50. The lowest BCUT2D eigenvalue weighted by Crippen LogP contribution is -2.45. The van der Waals surface area contributed by atoms with Gasteiger partial charge in [0, 0.05) is 41.6 Å². The van der Waals surface area contributed by atoms with Crippen LogP contribution in [0.2, 0.25) is 10.0 Å². The van der Waals surface area contributed by atoms with Gasteiger partial charge in [-0.15, -0.1) is 0 Å². The number of anilines is 3. The predicted octanol–water partition coefficient (Wildman–Crippen LogP) is 4.62. The molecule has 1 unspecified atom stereocenters. The number of rotatable bonds is 4. The summed E-state index contributed by atoms with van der Waals surface area (Å²) in [4.78, 5) is 34.0. The van der Waals surface area contributed by atoms with Gasteiger partial charge in [0.1, 0.15) is 6.04 Å².